The summed E-state index contributed by atoms with van der Waals surface area (Å²) in [6, 6.07) is 6.56. The van der Waals surface area contributed by atoms with Crippen molar-refractivity contribution in [2.45, 2.75) is 0 Å². The van der Waals surface area contributed by atoms with E-state index in [4.69, 9.17) is 11.6 Å². The van der Waals surface area contributed by atoms with Gasteiger partial charge < -0.3 is 9.64 Å². The van der Waals surface area contributed by atoms with Crippen LogP contribution in [0, 0.1) is 0 Å². The van der Waals surface area contributed by atoms with E-state index in [1.165, 1.54) is 13.3 Å². The van der Waals surface area contributed by atoms with Crippen molar-refractivity contribution in [1.82, 2.24) is 4.90 Å². The lowest BCUT2D eigenvalue weighted by Gasteiger charge is -2.10. The van der Waals surface area contributed by atoms with Crippen LogP contribution in [0.2, 0.25) is 5.02 Å². The Kier molecular flexibility index (Phi) is 4.92. The van der Waals surface area contributed by atoms with Gasteiger partial charge in [-0.15, -0.1) is 0 Å². The van der Waals surface area contributed by atoms with E-state index in [2.05, 4.69) is 4.74 Å². The van der Waals surface area contributed by atoms with Gasteiger partial charge in [0.1, 0.15) is 5.57 Å². The van der Waals surface area contributed by atoms with Crippen molar-refractivity contribution in [3.8, 4) is 0 Å². The quantitative estimate of drug-likeness (QED) is 0.276. The van der Waals surface area contributed by atoms with Crippen molar-refractivity contribution in [3.63, 3.8) is 0 Å². The average Bonchev–Trinajstić information content (AvgIpc) is 2.34. The van der Waals surface area contributed by atoms with Gasteiger partial charge in [-0.1, -0.05) is 23.7 Å². The molecule has 0 N–H and O–H groups in total. The fourth-order valence-corrected chi connectivity index (χ4v) is 1.58. The highest BCUT2D eigenvalue weighted by Gasteiger charge is 2.22. The SMILES string of the molecule is COC(=O)/C(=C\N(C)C)C(=O)c1ccccc1Cl. The summed E-state index contributed by atoms with van der Waals surface area (Å²) in [6.07, 6.45) is 1.41. The minimum absolute atomic E-state index is 0.0596. The molecule has 4 nitrogen and oxygen atoms in total. The number of halogens is 1. The molecule has 0 spiro atoms. The number of nitrogens with zero attached hydrogens (tertiary/aromatic N) is 1. The smallest absolute Gasteiger partial charge is 0.343 e. The number of benzene rings is 1. The van der Waals surface area contributed by atoms with Crippen LogP contribution in [-0.2, 0) is 9.53 Å². The van der Waals surface area contributed by atoms with Crippen LogP contribution < -0.4 is 0 Å². The van der Waals surface area contributed by atoms with Crippen molar-refractivity contribution in [2.24, 2.45) is 0 Å². The van der Waals surface area contributed by atoms with Gasteiger partial charge in [-0.2, -0.15) is 0 Å². The number of esters is 1. The Morgan fingerprint density at radius 3 is 2.39 bits per heavy atom. The molecule has 0 aromatic heterocycles. The summed E-state index contributed by atoms with van der Waals surface area (Å²) < 4.78 is 4.60. The van der Waals surface area contributed by atoms with E-state index in [0.717, 1.165) is 0 Å². The summed E-state index contributed by atoms with van der Waals surface area (Å²) in [5, 5.41) is 0.302. The summed E-state index contributed by atoms with van der Waals surface area (Å²) in [5.41, 5.74) is 0.216. The van der Waals surface area contributed by atoms with Gasteiger partial charge in [0.15, 0.2) is 0 Å². The van der Waals surface area contributed by atoms with Crippen LogP contribution in [0.3, 0.4) is 0 Å². The zero-order chi connectivity index (χ0) is 13.7. The fourth-order valence-electron chi connectivity index (χ4n) is 1.36. The van der Waals surface area contributed by atoms with Crippen molar-refractivity contribution >= 4 is 23.4 Å². The maximum atomic E-state index is 12.2. The molecule has 0 saturated carbocycles. The molecule has 0 aliphatic heterocycles. The highest BCUT2D eigenvalue weighted by atomic mass is 35.5. The van der Waals surface area contributed by atoms with Crippen molar-refractivity contribution in [3.05, 3.63) is 46.6 Å². The molecular formula is C13H14ClNO3. The van der Waals surface area contributed by atoms with E-state index in [1.54, 1.807) is 43.3 Å². The third-order valence-electron chi connectivity index (χ3n) is 2.16. The van der Waals surface area contributed by atoms with Gasteiger partial charge >= 0.3 is 5.97 Å². The van der Waals surface area contributed by atoms with E-state index in [-0.39, 0.29) is 11.1 Å². The Hall–Kier alpha value is -1.81. The molecule has 1 rings (SSSR count). The number of carbonyl (C=O) groups excluding carboxylic acids is 2. The fraction of sp³-hybridized carbons (Fsp3) is 0.231. The third-order valence-corrected chi connectivity index (χ3v) is 2.49. The lowest BCUT2D eigenvalue weighted by molar-refractivity contribution is -0.135. The maximum Gasteiger partial charge on any atom is 0.343 e. The zero-order valence-electron chi connectivity index (χ0n) is 10.4. The van der Waals surface area contributed by atoms with E-state index >= 15 is 0 Å². The molecule has 1 aromatic rings. The highest BCUT2D eigenvalue weighted by molar-refractivity contribution is 6.36. The third kappa shape index (κ3) is 3.34. The molecule has 0 saturated heterocycles. The maximum absolute atomic E-state index is 12.2. The van der Waals surface area contributed by atoms with E-state index in [1.807, 2.05) is 0 Å². The van der Waals surface area contributed by atoms with Gasteiger partial charge in [0.2, 0.25) is 5.78 Å². The molecule has 1 aromatic carbocycles. The van der Waals surface area contributed by atoms with Crippen LogP contribution in [0.4, 0.5) is 0 Å². The van der Waals surface area contributed by atoms with Gasteiger partial charge in [0.05, 0.1) is 12.1 Å². The molecule has 0 atom stereocenters. The largest absolute Gasteiger partial charge is 0.465 e. The molecule has 0 aliphatic rings. The Bertz CT molecular complexity index is 495. The Balaban J connectivity index is 3.20. The molecule has 96 valence electrons. The first-order valence-electron chi connectivity index (χ1n) is 5.23. The second-order valence-corrected chi connectivity index (χ2v) is 4.21. The molecule has 0 radical (unpaired) electrons. The Morgan fingerprint density at radius 1 is 1.28 bits per heavy atom. The van der Waals surface area contributed by atoms with E-state index in [0.29, 0.717) is 5.02 Å². The topological polar surface area (TPSA) is 46.6 Å². The molecule has 0 aliphatic carbocycles. The molecule has 0 fully saturated rings. The Labute approximate surface area is 111 Å². The van der Waals surface area contributed by atoms with Crippen LogP contribution in [-0.4, -0.2) is 37.9 Å². The van der Waals surface area contributed by atoms with Gasteiger partial charge in [-0.05, 0) is 12.1 Å². The number of Topliss-reactive ketones (excluding diaryl/α,β-unsaturated/α-hetero) is 1. The molecule has 5 heteroatoms. The van der Waals surface area contributed by atoms with Crippen LogP contribution in [0.5, 0.6) is 0 Å². The van der Waals surface area contributed by atoms with Gasteiger partial charge in [-0.3, -0.25) is 4.79 Å². The van der Waals surface area contributed by atoms with Gasteiger partial charge in [0, 0.05) is 25.9 Å². The number of hydrogen-bond acceptors (Lipinski definition) is 4. The molecular weight excluding hydrogens is 254 g/mol. The van der Waals surface area contributed by atoms with E-state index < -0.39 is 11.8 Å². The minimum Gasteiger partial charge on any atom is -0.465 e. The van der Waals surface area contributed by atoms with Crippen LogP contribution in [0.15, 0.2) is 36.0 Å². The first-order chi connectivity index (χ1) is 8.47. The summed E-state index contributed by atoms with van der Waals surface area (Å²) in [6.45, 7) is 0. The van der Waals surface area contributed by atoms with Crippen molar-refractivity contribution in [1.29, 1.82) is 0 Å². The average molecular weight is 268 g/mol. The van der Waals surface area contributed by atoms with Crippen molar-refractivity contribution < 1.29 is 14.3 Å². The van der Waals surface area contributed by atoms with Crippen LogP contribution >= 0.6 is 11.6 Å². The molecule has 0 amide bonds. The monoisotopic (exact) mass is 267 g/mol. The summed E-state index contributed by atoms with van der Waals surface area (Å²) in [7, 11) is 4.65. The lowest BCUT2D eigenvalue weighted by Crippen LogP contribution is -2.18. The lowest BCUT2D eigenvalue weighted by atomic mass is 10.0. The van der Waals surface area contributed by atoms with Crippen molar-refractivity contribution in [2.75, 3.05) is 21.2 Å². The normalized spacial score (nSPS) is 11.0. The molecule has 0 bridgehead atoms. The van der Waals surface area contributed by atoms with Gasteiger partial charge in [0.25, 0.3) is 0 Å². The number of methoxy groups -OCH3 is 1. The van der Waals surface area contributed by atoms with Crippen LogP contribution in [0.25, 0.3) is 0 Å². The number of hydrogen-bond donors (Lipinski definition) is 0. The number of rotatable bonds is 4. The minimum atomic E-state index is -0.686. The molecule has 18 heavy (non-hydrogen) atoms. The molecule has 0 heterocycles. The number of ketones is 1. The first kappa shape index (κ1) is 14.3. The standard InChI is InChI=1S/C13H14ClNO3/c1-15(2)8-10(13(17)18-3)12(16)9-6-4-5-7-11(9)14/h4-8H,1-3H3/b10-8-. The van der Waals surface area contributed by atoms with Gasteiger partial charge in [-0.25, -0.2) is 4.79 Å². The highest BCUT2D eigenvalue weighted by Crippen LogP contribution is 2.19. The predicted octanol–water partition coefficient (Wildman–Crippen LogP) is 2.14. The second-order valence-electron chi connectivity index (χ2n) is 3.81. The summed E-state index contributed by atoms with van der Waals surface area (Å²) >= 11 is 5.93. The second kappa shape index (κ2) is 6.21. The number of ether oxygens (including phenoxy) is 1. The summed E-state index contributed by atoms with van der Waals surface area (Å²) in [5.74, 6) is -1.14. The predicted molar refractivity (Wildman–Crippen MR) is 69.6 cm³/mol. The number of carbonyl (C=O) groups is 2. The summed E-state index contributed by atoms with van der Waals surface area (Å²) in [4.78, 5) is 25.4. The van der Waals surface area contributed by atoms with E-state index in [9.17, 15) is 9.59 Å². The molecule has 0 unspecified atom stereocenters. The van der Waals surface area contributed by atoms with Crippen LogP contribution in [0.1, 0.15) is 10.4 Å². The Morgan fingerprint density at radius 2 is 1.89 bits per heavy atom. The zero-order valence-corrected chi connectivity index (χ0v) is 11.2. The first-order valence-corrected chi connectivity index (χ1v) is 5.61.